The summed E-state index contributed by atoms with van der Waals surface area (Å²) < 4.78 is 0. The largest absolute Gasteiger partial charge is 0.0883 e. The van der Waals surface area contributed by atoms with Crippen molar-refractivity contribution < 1.29 is 0 Å². The predicted octanol–water partition coefficient (Wildman–Crippen LogP) is 4.95. The summed E-state index contributed by atoms with van der Waals surface area (Å²) in [5, 5.41) is 0. The minimum atomic E-state index is 0.912. The van der Waals surface area contributed by atoms with Gasteiger partial charge in [0.1, 0.15) is 0 Å². The van der Waals surface area contributed by atoms with Crippen LogP contribution in [0, 0.1) is 11.8 Å². The molecule has 82 valence electrons. The van der Waals surface area contributed by atoms with E-state index in [-0.39, 0.29) is 0 Å². The van der Waals surface area contributed by atoms with Gasteiger partial charge in [-0.05, 0) is 43.9 Å². The Morgan fingerprint density at radius 2 is 1.71 bits per heavy atom. The number of hydrogen-bond donors (Lipinski definition) is 0. The minimum Gasteiger partial charge on any atom is -0.0883 e. The van der Waals surface area contributed by atoms with Gasteiger partial charge in [0.2, 0.25) is 0 Å². The van der Waals surface area contributed by atoms with Crippen LogP contribution in [0.5, 0.6) is 0 Å². The summed E-state index contributed by atoms with van der Waals surface area (Å²) in [7, 11) is 0. The predicted molar refractivity (Wildman–Crippen MR) is 64.4 cm³/mol. The fourth-order valence-electron chi connectivity index (χ4n) is 2.53. The standard InChI is InChI=1S/C14H26/c1-3-5-6-8-14-11-9-13(7-4-2)10-12-14/h6,8,13-14H,3-5,7,9-12H2,1-2H3. The summed E-state index contributed by atoms with van der Waals surface area (Å²) in [5.41, 5.74) is 0. The fraction of sp³-hybridized carbons (Fsp3) is 0.857. The van der Waals surface area contributed by atoms with E-state index in [4.69, 9.17) is 0 Å². The average molecular weight is 194 g/mol. The molecule has 1 rings (SSSR count). The van der Waals surface area contributed by atoms with Gasteiger partial charge in [-0.3, -0.25) is 0 Å². The van der Waals surface area contributed by atoms with E-state index in [0.717, 1.165) is 11.8 Å². The van der Waals surface area contributed by atoms with Crippen LogP contribution >= 0.6 is 0 Å². The van der Waals surface area contributed by atoms with E-state index in [2.05, 4.69) is 26.0 Å². The molecule has 0 atom stereocenters. The van der Waals surface area contributed by atoms with Crippen LogP contribution in [0.3, 0.4) is 0 Å². The molecule has 0 radical (unpaired) electrons. The highest BCUT2D eigenvalue weighted by Gasteiger charge is 2.18. The van der Waals surface area contributed by atoms with Crippen LogP contribution in [0.15, 0.2) is 12.2 Å². The molecular weight excluding hydrogens is 168 g/mol. The normalized spacial score (nSPS) is 28.4. The van der Waals surface area contributed by atoms with Gasteiger partial charge in [-0.25, -0.2) is 0 Å². The first kappa shape index (κ1) is 11.8. The van der Waals surface area contributed by atoms with Crippen molar-refractivity contribution in [3.63, 3.8) is 0 Å². The summed E-state index contributed by atoms with van der Waals surface area (Å²) in [6.45, 7) is 4.57. The second kappa shape index (κ2) is 7.09. The summed E-state index contributed by atoms with van der Waals surface area (Å²) in [4.78, 5) is 0. The molecule has 0 unspecified atom stereocenters. The van der Waals surface area contributed by atoms with Gasteiger partial charge in [0.05, 0.1) is 0 Å². The molecule has 1 fully saturated rings. The molecule has 0 saturated heterocycles. The second-order valence-electron chi connectivity index (χ2n) is 4.79. The zero-order valence-electron chi connectivity index (χ0n) is 9.97. The summed E-state index contributed by atoms with van der Waals surface area (Å²) in [6.07, 6.45) is 16.1. The van der Waals surface area contributed by atoms with Crippen LogP contribution in [0.2, 0.25) is 0 Å². The lowest BCUT2D eigenvalue weighted by molar-refractivity contribution is 0.294. The van der Waals surface area contributed by atoms with E-state index in [1.807, 2.05) is 0 Å². The molecule has 1 saturated carbocycles. The molecule has 0 heteroatoms. The topological polar surface area (TPSA) is 0 Å². The van der Waals surface area contributed by atoms with Gasteiger partial charge in [-0.2, -0.15) is 0 Å². The van der Waals surface area contributed by atoms with E-state index in [9.17, 15) is 0 Å². The van der Waals surface area contributed by atoms with Crippen molar-refractivity contribution in [2.75, 3.05) is 0 Å². The van der Waals surface area contributed by atoms with Crippen molar-refractivity contribution in [3.05, 3.63) is 12.2 Å². The van der Waals surface area contributed by atoms with Gasteiger partial charge in [-0.15, -0.1) is 0 Å². The number of unbranched alkanes of at least 4 members (excludes halogenated alkanes) is 1. The zero-order valence-corrected chi connectivity index (χ0v) is 9.97. The highest BCUT2D eigenvalue weighted by molar-refractivity contribution is 4.90. The van der Waals surface area contributed by atoms with E-state index < -0.39 is 0 Å². The third-order valence-electron chi connectivity index (χ3n) is 3.45. The van der Waals surface area contributed by atoms with Crippen molar-refractivity contribution in [3.8, 4) is 0 Å². The number of allylic oxidation sites excluding steroid dienone is 2. The molecule has 0 heterocycles. The van der Waals surface area contributed by atoms with Gasteiger partial charge < -0.3 is 0 Å². The van der Waals surface area contributed by atoms with Gasteiger partial charge in [0.15, 0.2) is 0 Å². The maximum Gasteiger partial charge on any atom is -0.0233 e. The van der Waals surface area contributed by atoms with E-state index >= 15 is 0 Å². The summed E-state index contributed by atoms with van der Waals surface area (Å²) in [6, 6.07) is 0. The maximum atomic E-state index is 2.48. The molecular formula is C14H26. The highest BCUT2D eigenvalue weighted by atomic mass is 14.2. The van der Waals surface area contributed by atoms with Crippen LogP contribution in [0.4, 0.5) is 0 Å². The average Bonchev–Trinajstić information content (AvgIpc) is 2.21. The van der Waals surface area contributed by atoms with E-state index in [0.29, 0.717) is 0 Å². The lowest BCUT2D eigenvalue weighted by Gasteiger charge is -2.26. The first-order valence-electron chi connectivity index (χ1n) is 6.53. The van der Waals surface area contributed by atoms with Gasteiger partial charge >= 0.3 is 0 Å². The van der Waals surface area contributed by atoms with Crippen LogP contribution in [0.25, 0.3) is 0 Å². The van der Waals surface area contributed by atoms with Gasteiger partial charge in [-0.1, -0.05) is 45.3 Å². The molecule has 14 heavy (non-hydrogen) atoms. The molecule has 0 aromatic rings. The van der Waals surface area contributed by atoms with Crippen molar-refractivity contribution in [2.24, 2.45) is 11.8 Å². The molecule has 1 aliphatic rings. The molecule has 0 spiro atoms. The quantitative estimate of drug-likeness (QED) is 0.543. The molecule has 0 aromatic carbocycles. The fourth-order valence-corrected chi connectivity index (χ4v) is 2.53. The van der Waals surface area contributed by atoms with Gasteiger partial charge in [0.25, 0.3) is 0 Å². The SMILES string of the molecule is CCCC=CC1CCC(CCC)CC1. The lowest BCUT2D eigenvalue weighted by Crippen LogP contribution is -2.12. The third kappa shape index (κ3) is 4.30. The second-order valence-corrected chi connectivity index (χ2v) is 4.79. The van der Waals surface area contributed by atoms with Crippen molar-refractivity contribution >= 4 is 0 Å². The molecule has 0 aromatic heterocycles. The summed E-state index contributed by atoms with van der Waals surface area (Å²) >= 11 is 0. The Bertz CT molecular complexity index is 149. The Kier molecular flexibility index (Phi) is 5.98. The molecule has 0 N–H and O–H groups in total. The molecule has 0 aliphatic heterocycles. The van der Waals surface area contributed by atoms with E-state index in [1.54, 1.807) is 0 Å². The Morgan fingerprint density at radius 1 is 1.00 bits per heavy atom. The minimum absolute atomic E-state index is 0.912. The zero-order chi connectivity index (χ0) is 10.2. The smallest absolute Gasteiger partial charge is 0.0233 e. The van der Waals surface area contributed by atoms with Crippen LogP contribution in [-0.4, -0.2) is 0 Å². The Labute approximate surface area is 89.8 Å². The third-order valence-corrected chi connectivity index (χ3v) is 3.45. The molecule has 0 nitrogen and oxygen atoms in total. The maximum absolute atomic E-state index is 2.48. The first-order valence-corrected chi connectivity index (χ1v) is 6.53. The van der Waals surface area contributed by atoms with Crippen molar-refractivity contribution in [1.29, 1.82) is 0 Å². The van der Waals surface area contributed by atoms with Crippen molar-refractivity contribution in [1.82, 2.24) is 0 Å². The molecule has 1 aliphatic carbocycles. The summed E-state index contributed by atoms with van der Waals surface area (Å²) in [5.74, 6) is 1.96. The lowest BCUT2D eigenvalue weighted by atomic mass is 9.80. The van der Waals surface area contributed by atoms with E-state index in [1.165, 1.54) is 51.4 Å². The Morgan fingerprint density at radius 3 is 2.29 bits per heavy atom. The van der Waals surface area contributed by atoms with Gasteiger partial charge in [0, 0.05) is 0 Å². The van der Waals surface area contributed by atoms with Crippen LogP contribution in [-0.2, 0) is 0 Å². The Balaban J connectivity index is 2.15. The Hall–Kier alpha value is -0.260. The number of hydrogen-bond acceptors (Lipinski definition) is 0. The highest BCUT2D eigenvalue weighted by Crippen LogP contribution is 2.32. The van der Waals surface area contributed by atoms with Crippen LogP contribution in [0.1, 0.15) is 65.2 Å². The monoisotopic (exact) mass is 194 g/mol. The van der Waals surface area contributed by atoms with Crippen molar-refractivity contribution in [2.45, 2.75) is 65.2 Å². The van der Waals surface area contributed by atoms with Crippen LogP contribution < -0.4 is 0 Å². The molecule has 0 amide bonds. The first-order chi connectivity index (χ1) is 6.86. The number of rotatable bonds is 5. The molecule has 0 bridgehead atoms.